The molecule has 0 N–H and O–H groups in total. The lowest BCUT2D eigenvalue weighted by Gasteiger charge is -2.25. The van der Waals surface area contributed by atoms with E-state index in [0.717, 1.165) is 67.0 Å². The Hall–Kier alpha value is -2.83. The van der Waals surface area contributed by atoms with Crippen LogP contribution in [0, 0.1) is 6.92 Å². The summed E-state index contributed by atoms with van der Waals surface area (Å²) in [5, 5.41) is 1.97. The second kappa shape index (κ2) is 9.32. The Morgan fingerprint density at radius 2 is 1.77 bits per heavy atom. The third-order valence-corrected chi connectivity index (χ3v) is 5.37. The topological polar surface area (TPSA) is 56.4 Å². The van der Waals surface area contributed by atoms with Crippen LogP contribution in [0.3, 0.4) is 0 Å². The van der Waals surface area contributed by atoms with Crippen molar-refractivity contribution >= 4 is 11.0 Å². The summed E-state index contributed by atoms with van der Waals surface area (Å²) < 4.78 is 22.5. The smallest absolute Gasteiger partial charge is 0.161 e. The molecule has 0 saturated carbocycles. The highest BCUT2D eigenvalue weighted by molar-refractivity contribution is 5.79. The van der Waals surface area contributed by atoms with Gasteiger partial charge in [0.2, 0.25) is 0 Å². The van der Waals surface area contributed by atoms with Crippen LogP contribution in [-0.4, -0.2) is 58.5 Å². The van der Waals surface area contributed by atoms with Crippen molar-refractivity contribution in [2.24, 2.45) is 4.99 Å². The van der Waals surface area contributed by atoms with Gasteiger partial charge in [-0.2, -0.15) is 0 Å². The Morgan fingerprint density at radius 1 is 0.967 bits per heavy atom. The highest BCUT2D eigenvalue weighted by Gasteiger charge is 2.12. The molecule has 0 aliphatic carbocycles. The van der Waals surface area contributed by atoms with E-state index in [1.165, 1.54) is 5.56 Å². The molecule has 0 bridgehead atoms. The Labute approximate surface area is 176 Å². The number of methoxy groups -OCH3 is 2. The maximum Gasteiger partial charge on any atom is 0.161 e. The summed E-state index contributed by atoms with van der Waals surface area (Å²) in [5.74, 6) is 2.10. The van der Waals surface area contributed by atoms with Crippen molar-refractivity contribution in [3.63, 3.8) is 0 Å². The molecule has 0 unspecified atom stereocenters. The van der Waals surface area contributed by atoms with Crippen LogP contribution in [-0.2, 0) is 4.74 Å². The van der Waals surface area contributed by atoms with Crippen molar-refractivity contribution in [2.45, 2.75) is 6.92 Å². The molecular weight excluding hydrogens is 380 g/mol. The molecule has 0 amide bonds. The van der Waals surface area contributed by atoms with Gasteiger partial charge in [0.25, 0.3) is 0 Å². The zero-order valence-corrected chi connectivity index (χ0v) is 17.8. The second-order valence-electron chi connectivity index (χ2n) is 7.40. The molecule has 2 heterocycles. The van der Waals surface area contributed by atoms with Crippen LogP contribution in [0.4, 0.5) is 0 Å². The average molecular weight is 408 g/mol. The summed E-state index contributed by atoms with van der Waals surface area (Å²) in [5.41, 5.74) is 2.92. The van der Waals surface area contributed by atoms with Crippen LogP contribution in [0.15, 0.2) is 51.9 Å². The fourth-order valence-electron chi connectivity index (χ4n) is 3.68. The molecule has 1 fully saturated rings. The minimum atomic E-state index is 0.667. The molecule has 6 nitrogen and oxygen atoms in total. The Bertz CT molecular complexity index is 1080. The van der Waals surface area contributed by atoms with Crippen LogP contribution >= 0.6 is 0 Å². The molecule has 3 aromatic rings. The SMILES string of the molecule is COc1ccc(-c2cc(=NCCN3CCOCC3)c3cc(C)ccc3o2)cc1OC. The number of benzene rings is 2. The number of morpholine rings is 1. The molecule has 1 aliphatic rings. The average Bonchev–Trinajstić information content (AvgIpc) is 2.79. The largest absolute Gasteiger partial charge is 0.493 e. The van der Waals surface area contributed by atoms with E-state index in [0.29, 0.717) is 11.5 Å². The highest BCUT2D eigenvalue weighted by Crippen LogP contribution is 2.32. The summed E-state index contributed by atoms with van der Waals surface area (Å²) in [6, 6.07) is 14.0. The third-order valence-electron chi connectivity index (χ3n) is 5.37. The first-order valence-electron chi connectivity index (χ1n) is 10.3. The summed E-state index contributed by atoms with van der Waals surface area (Å²) in [7, 11) is 3.26. The molecule has 0 spiro atoms. The second-order valence-corrected chi connectivity index (χ2v) is 7.40. The number of hydrogen-bond acceptors (Lipinski definition) is 6. The van der Waals surface area contributed by atoms with Gasteiger partial charge in [0.05, 0.1) is 39.3 Å². The van der Waals surface area contributed by atoms with Gasteiger partial charge in [0.1, 0.15) is 11.3 Å². The van der Waals surface area contributed by atoms with Gasteiger partial charge in [-0.1, -0.05) is 11.6 Å². The molecular formula is C24H28N2O4. The van der Waals surface area contributed by atoms with Crippen molar-refractivity contribution in [1.29, 1.82) is 0 Å². The van der Waals surface area contributed by atoms with E-state index in [9.17, 15) is 0 Å². The summed E-state index contributed by atoms with van der Waals surface area (Å²) in [6.07, 6.45) is 0. The number of fused-ring (bicyclic) bond motifs is 1. The fraction of sp³-hybridized carbons (Fsp3) is 0.375. The van der Waals surface area contributed by atoms with E-state index < -0.39 is 0 Å². The lowest BCUT2D eigenvalue weighted by atomic mass is 10.1. The number of ether oxygens (including phenoxy) is 3. The van der Waals surface area contributed by atoms with E-state index in [1.54, 1.807) is 14.2 Å². The number of aryl methyl sites for hydroxylation is 1. The fourth-order valence-corrected chi connectivity index (χ4v) is 3.68. The van der Waals surface area contributed by atoms with Crippen LogP contribution in [0.1, 0.15) is 5.56 Å². The summed E-state index contributed by atoms with van der Waals surface area (Å²) in [4.78, 5) is 7.33. The van der Waals surface area contributed by atoms with Gasteiger partial charge in [0.15, 0.2) is 11.5 Å². The first-order chi connectivity index (χ1) is 14.7. The quantitative estimate of drug-likeness (QED) is 0.623. The maximum absolute atomic E-state index is 6.23. The van der Waals surface area contributed by atoms with E-state index in [1.807, 2.05) is 30.3 Å². The first kappa shape index (κ1) is 20.4. The van der Waals surface area contributed by atoms with Gasteiger partial charge in [-0.25, -0.2) is 0 Å². The lowest BCUT2D eigenvalue weighted by Crippen LogP contribution is -2.37. The number of hydrogen-bond donors (Lipinski definition) is 0. The molecule has 2 aromatic carbocycles. The molecule has 0 atom stereocenters. The molecule has 1 aromatic heterocycles. The van der Waals surface area contributed by atoms with Crippen LogP contribution in [0.5, 0.6) is 11.5 Å². The van der Waals surface area contributed by atoms with E-state index in [-0.39, 0.29) is 0 Å². The van der Waals surface area contributed by atoms with Crippen LogP contribution in [0.2, 0.25) is 0 Å². The minimum absolute atomic E-state index is 0.667. The van der Waals surface area contributed by atoms with Crippen LogP contribution < -0.4 is 14.8 Å². The zero-order valence-electron chi connectivity index (χ0n) is 17.8. The van der Waals surface area contributed by atoms with Crippen molar-refractivity contribution in [3.8, 4) is 22.8 Å². The van der Waals surface area contributed by atoms with Gasteiger partial charge >= 0.3 is 0 Å². The summed E-state index contributed by atoms with van der Waals surface area (Å²) >= 11 is 0. The van der Waals surface area contributed by atoms with E-state index >= 15 is 0 Å². The Morgan fingerprint density at radius 3 is 2.53 bits per heavy atom. The molecule has 0 radical (unpaired) electrons. The van der Waals surface area contributed by atoms with Crippen molar-refractivity contribution in [3.05, 3.63) is 53.4 Å². The third kappa shape index (κ3) is 4.50. The molecule has 6 heteroatoms. The van der Waals surface area contributed by atoms with Crippen molar-refractivity contribution < 1.29 is 18.6 Å². The molecule has 158 valence electrons. The molecule has 4 rings (SSSR count). The highest BCUT2D eigenvalue weighted by atomic mass is 16.5. The van der Waals surface area contributed by atoms with Gasteiger partial charge in [-0.05, 0) is 37.3 Å². The lowest BCUT2D eigenvalue weighted by molar-refractivity contribution is 0.0394. The predicted octanol–water partition coefficient (Wildman–Crippen LogP) is 3.66. The first-order valence-corrected chi connectivity index (χ1v) is 10.3. The normalized spacial score (nSPS) is 15.5. The van der Waals surface area contributed by atoms with E-state index in [4.69, 9.17) is 23.6 Å². The zero-order chi connectivity index (χ0) is 20.9. The van der Waals surface area contributed by atoms with E-state index in [2.05, 4.69) is 24.0 Å². The Balaban J connectivity index is 1.73. The van der Waals surface area contributed by atoms with Gasteiger partial charge in [-0.15, -0.1) is 0 Å². The van der Waals surface area contributed by atoms with Crippen molar-refractivity contribution in [1.82, 2.24) is 4.90 Å². The van der Waals surface area contributed by atoms with Crippen molar-refractivity contribution in [2.75, 3.05) is 53.6 Å². The summed E-state index contributed by atoms with van der Waals surface area (Å²) in [6.45, 7) is 7.28. The van der Waals surface area contributed by atoms with Gasteiger partial charge in [0, 0.05) is 36.7 Å². The Kier molecular flexibility index (Phi) is 6.35. The number of rotatable bonds is 6. The minimum Gasteiger partial charge on any atom is -0.493 e. The number of nitrogens with zero attached hydrogens (tertiary/aromatic N) is 2. The van der Waals surface area contributed by atoms with Crippen LogP contribution in [0.25, 0.3) is 22.3 Å². The predicted molar refractivity (Wildman–Crippen MR) is 117 cm³/mol. The van der Waals surface area contributed by atoms with Gasteiger partial charge in [-0.3, -0.25) is 9.89 Å². The molecule has 30 heavy (non-hydrogen) atoms. The standard InChI is InChI=1S/C24H28N2O4/c1-17-4-6-21-19(14-17)20(25-8-9-26-10-12-29-13-11-26)16-23(30-21)18-5-7-22(27-2)24(15-18)28-3/h4-7,14-16H,8-13H2,1-3H3. The molecule has 1 aliphatic heterocycles. The maximum atomic E-state index is 6.23. The van der Waals surface area contributed by atoms with Gasteiger partial charge < -0.3 is 18.6 Å². The monoisotopic (exact) mass is 408 g/mol. The molecule has 1 saturated heterocycles.